The molecule has 136 valence electrons. The van der Waals surface area contributed by atoms with Crippen LogP contribution in [0.5, 0.6) is 5.88 Å². The van der Waals surface area contributed by atoms with Crippen LogP contribution in [0.2, 0.25) is 0 Å². The van der Waals surface area contributed by atoms with E-state index < -0.39 is 0 Å². The number of pyridine rings is 1. The minimum atomic E-state index is 0.338. The first-order chi connectivity index (χ1) is 12.0. The molecule has 0 amide bonds. The molecule has 0 N–H and O–H groups in total. The lowest BCUT2D eigenvalue weighted by molar-refractivity contribution is 0.166. The van der Waals surface area contributed by atoms with Gasteiger partial charge in [-0.3, -0.25) is 0 Å². The molecule has 3 heterocycles. The smallest absolute Gasteiger partial charge is 0.230 e. The van der Waals surface area contributed by atoms with Gasteiger partial charge in [-0.2, -0.15) is 4.98 Å². The van der Waals surface area contributed by atoms with E-state index >= 15 is 0 Å². The van der Waals surface area contributed by atoms with Gasteiger partial charge in [0.05, 0.1) is 0 Å². The summed E-state index contributed by atoms with van der Waals surface area (Å²) in [6.07, 6.45) is 3.82. The van der Waals surface area contributed by atoms with Gasteiger partial charge in [0.2, 0.25) is 17.6 Å². The lowest BCUT2D eigenvalue weighted by Crippen LogP contribution is -2.36. The number of ether oxygens (including phenoxy) is 1. The van der Waals surface area contributed by atoms with E-state index in [9.17, 15) is 0 Å². The third-order valence-electron chi connectivity index (χ3n) is 4.78. The molecule has 0 aliphatic carbocycles. The summed E-state index contributed by atoms with van der Waals surface area (Å²) in [5.41, 5.74) is 0.867. The molecule has 0 radical (unpaired) electrons. The van der Waals surface area contributed by atoms with Gasteiger partial charge < -0.3 is 19.1 Å². The van der Waals surface area contributed by atoms with Crippen LogP contribution in [0.15, 0.2) is 22.9 Å². The second kappa shape index (κ2) is 7.93. The summed E-state index contributed by atoms with van der Waals surface area (Å²) in [6.45, 7) is 4.73. The number of hydrogen-bond donors (Lipinski definition) is 0. The van der Waals surface area contributed by atoms with E-state index in [0.29, 0.717) is 30.3 Å². The van der Waals surface area contributed by atoms with E-state index in [1.165, 1.54) is 0 Å². The van der Waals surface area contributed by atoms with Crippen LogP contribution in [0, 0.1) is 0 Å². The predicted octanol–water partition coefficient (Wildman–Crippen LogP) is 2.27. The summed E-state index contributed by atoms with van der Waals surface area (Å²) in [5.74, 6) is 2.26. The Kier molecular flexibility index (Phi) is 5.65. The zero-order valence-electron chi connectivity index (χ0n) is 15.5. The molecular formula is C18H27N5O2. The van der Waals surface area contributed by atoms with Gasteiger partial charge >= 0.3 is 0 Å². The van der Waals surface area contributed by atoms with E-state index in [-0.39, 0.29) is 0 Å². The molecule has 1 fully saturated rings. The van der Waals surface area contributed by atoms with Gasteiger partial charge in [0.25, 0.3) is 0 Å². The van der Waals surface area contributed by atoms with E-state index in [4.69, 9.17) is 9.26 Å². The molecule has 25 heavy (non-hydrogen) atoms. The molecule has 2 aromatic heterocycles. The number of piperidine rings is 1. The van der Waals surface area contributed by atoms with Crippen molar-refractivity contribution in [3.05, 3.63) is 24.2 Å². The Morgan fingerprint density at radius 3 is 3.00 bits per heavy atom. The molecule has 2 atom stereocenters. The molecule has 1 saturated heterocycles. The minimum absolute atomic E-state index is 0.338. The highest BCUT2D eigenvalue weighted by molar-refractivity contribution is 5.55. The van der Waals surface area contributed by atoms with Crippen LogP contribution >= 0.6 is 0 Å². The van der Waals surface area contributed by atoms with E-state index in [0.717, 1.165) is 37.4 Å². The van der Waals surface area contributed by atoms with Gasteiger partial charge in [-0.1, -0.05) is 5.16 Å². The maximum atomic E-state index is 5.68. The third kappa shape index (κ3) is 4.55. The Balaban J connectivity index is 1.67. The number of rotatable bonds is 6. The fourth-order valence-electron chi connectivity index (χ4n) is 2.99. The highest BCUT2D eigenvalue weighted by atomic mass is 16.5. The summed E-state index contributed by atoms with van der Waals surface area (Å²) in [5, 5.41) is 4.16. The van der Waals surface area contributed by atoms with Crippen LogP contribution in [-0.2, 0) is 0 Å². The van der Waals surface area contributed by atoms with Crippen molar-refractivity contribution in [2.75, 3.05) is 40.8 Å². The first-order valence-electron chi connectivity index (χ1n) is 8.80. The molecule has 7 nitrogen and oxygen atoms in total. The number of likely N-dealkylation sites (tertiary alicyclic amines) is 1. The van der Waals surface area contributed by atoms with Crippen LogP contribution in [0.1, 0.15) is 31.6 Å². The number of aromatic nitrogens is 3. The highest BCUT2D eigenvalue weighted by Crippen LogP contribution is 2.31. The largest absolute Gasteiger partial charge is 0.476 e. The fraction of sp³-hybridized carbons (Fsp3) is 0.611. The second-order valence-corrected chi connectivity index (χ2v) is 7.04. The van der Waals surface area contributed by atoms with Gasteiger partial charge in [-0.15, -0.1) is 0 Å². The van der Waals surface area contributed by atoms with Crippen molar-refractivity contribution in [3.8, 4) is 17.3 Å². The Bertz CT molecular complexity index is 688. The molecule has 7 heteroatoms. The minimum Gasteiger partial charge on any atom is -0.476 e. The van der Waals surface area contributed by atoms with E-state index in [1.807, 2.05) is 26.2 Å². The van der Waals surface area contributed by atoms with Crippen molar-refractivity contribution in [1.29, 1.82) is 0 Å². The van der Waals surface area contributed by atoms with Crippen LogP contribution in [-0.4, -0.2) is 71.8 Å². The topological polar surface area (TPSA) is 67.5 Å². The number of likely N-dealkylation sites (N-methyl/N-ethyl adjacent to an activating group) is 1. The second-order valence-electron chi connectivity index (χ2n) is 7.04. The zero-order valence-corrected chi connectivity index (χ0v) is 15.5. The van der Waals surface area contributed by atoms with Crippen molar-refractivity contribution in [1.82, 2.24) is 24.9 Å². The Morgan fingerprint density at radius 1 is 1.40 bits per heavy atom. The van der Waals surface area contributed by atoms with Crippen molar-refractivity contribution < 1.29 is 9.26 Å². The summed E-state index contributed by atoms with van der Waals surface area (Å²) >= 11 is 0. The lowest BCUT2D eigenvalue weighted by atomic mass is 9.92. The average Bonchev–Trinajstić information content (AvgIpc) is 3.07. The van der Waals surface area contributed by atoms with Crippen LogP contribution < -0.4 is 4.74 Å². The Labute approximate surface area is 149 Å². The van der Waals surface area contributed by atoms with Gasteiger partial charge in [0.1, 0.15) is 6.61 Å². The van der Waals surface area contributed by atoms with E-state index in [1.54, 1.807) is 6.20 Å². The predicted molar refractivity (Wildman–Crippen MR) is 95.6 cm³/mol. The molecule has 0 aromatic carbocycles. The standard InChI is InChI=1S/C18H27N5O2/c1-13-11-15(6-8-23(13)4)18-20-17(21-25-18)14-5-7-19-16(12-14)24-10-9-22(2)3/h5,7,12-13,15H,6,8-11H2,1-4H3/t13-,15-/m0/s1. The van der Waals surface area contributed by atoms with E-state index in [2.05, 4.69) is 38.9 Å². The van der Waals surface area contributed by atoms with Crippen molar-refractivity contribution in [3.63, 3.8) is 0 Å². The van der Waals surface area contributed by atoms with Crippen LogP contribution in [0.25, 0.3) is 11.4 Å². The first-order valence-corrected chi connectivity index (χ1v) is 8.80. The lowest BCUT2D eigenvalue weighted by Gasteiger charge is -2.33. The fourth-order valence-corrected chi connectivity index (χ4v) is 2.99. The molecule has 0 spiro atoms. The molecule has 0 unspecified atom stereocenters. The average molecular weight is 345 g/mol. The number of nitrogens with zero attached hydrogens (tertiary/aromatic N) is 5. The monoisotopic (exact) mass is 345 g/mol. The third-order valence-corrected chi connectivity index (χ3v) is 4.78. The summed E-state index contributed by atoms with van der Waals surface area (Å²) in [7, 11) is 6.19. The van der Waals surface area contributed by atoms with Gasteiger partial charge in [-0.25, -0.2) is 4.98 Å². The molecule has 2 aromatic rings. The molecule has 0 saturated carbocycles. The summed E-state index contributed by atoms with van der Waals surface area (Å²) in [6, 6.07) is 4.28. The molecule has 1 aliphatic rings. The SMILES string of the molecule is C[C@H]1C[C@@H](c2nc(-c3ccnc(OCCN(C)C)c3)no2)CCN1C. The van der Waals surface area contributed by atoms with Crippen molar-refractivity contribution in [2.24, 2.45) is 0 Å². The van der Waals surface area contributed by atoms with Gasteiger partial charge in [0.15, 0.2) is 0 Å². The van der Waals surface area contributed by atoms with Crippen molar-refractivity contribution in [2.45, 2.75) is 31.7 Å². The maximum absolute atomic E-state index is 5.68. The van der Waals surface area contributed by atoms with Gasteiger partial charge in [0, 0.05) is 36.3 Å². The summed E-state index contributed by atoms with van der Waals surface area (Å²) < 4.78 is 11.2. The maximum Gasteiger partial charge on any atom is 0.230 e. The highest BCUT2D eigenvalue weighted by Gasteiger charge is 2.28. The van der Waals surface area contributed by atoms with Gasteiger partial charge in [-0.05, 0) is 53.5 Å². The molecule has 1 aliphatic heterocycles. The first kappa shape index (κ1) is 17.8. The normalized spacial score (nSPS) is 21.6. The molecular weight excluding hydrogens is 318 g/mol. The zero-order chi connectivity index (χ0) is 17.8. The quantitative estimate of drug-likeness (QED) is 0.795. The summed E-state index contributed by atoms with van der Waals surface area (Å²) in [4.78, 5) is 13.3. The number of hydrogen-bond acceptors (Lipinski definition) is 7. The van der Waals surface area contributed by atoms with Crippen molar-refractivity contribution >= 4 is 0 Å². The van der Waals surface area contributed by atoms with Crippen LogP contribution in [0.3, 0.4) is 0 Å². The molecule has 0 bridgehead atoms. The molecule has 3 rings (SSSR count). The Hall–Kier alpha value is -1.99. The Morgan fingerprint density at radius 2 is 2.24 bits per heavy atom. The van der Waals surface area contributed by atoms with Crippen LogP contribution in [0.4, 0.5) is 0 Å².